The number of aromatic nitrogens is 2. The molecule has 82 valence electrons. The summed E-state index contributed by atoms with van der Waals surface area (Å²) in [6.07, 6.45) is 5.09. The molecule has 0 bridgehead atoms. The third kappa shape index (κ3) is 2.70. The molecule has 16 heavy (non-hydrogen) atoms. The molecule has 1 aromatic carbocycles. The summed E-state index contributed by atoms with van der Waals surface area (Å²) in [5.41, 5.74) is 1.91. The number of ether oxygens (including phenoxy) is 1. The molecule has 0 spiro atoms. The molecule has 0 aliphatic carbocycles. The first-order valence-electron chi connectivity index (χ1n) is 5.01. The van der Waals surface area contributed by atoms with Crippen molar-refractivity contribution in [2.24, 2.45) is 0 Å². The van der Waals surface area contributed by atoms with Gasteiger partial charge in [0.1, 0.15) is 5.75 Å². The van der Waals surface area contributed by atoms with E-state index in [0.29, 0.717) is 6.54 Å². The summed E-state index contributed by atoms with van der Waals surface area (Å²) in [4.78, 5) is 8.18. The van der Waals surface area contributed by atoms with Crippen molar-refractivity contribution in [2.75, 3.05) is 12.4 Å². The Balaban J connectivity index is 1.99. The quantitative estimate of drug-likeness (QED) is 0.848. The molecule has 0 saturated heterocycles. The Morgan fingerprint density at radius 1 is 1.31 bits per heavy atom. The number of nitrogens with zero attached hydrogens (tertiary/aromatic N) is 2. The Labute approximate surface area is 94.3 Å². The molecule has 0 fully saturated rings. The molecule has 4 nitrogen and oxygen atoms in total. The molecule has 1 aromatic heterocycles. The van der Waals surface area contributed by atoms with Crippen molar-refractivity contribution in [1.29, 1.82) is 0 Å². The fourth-order valence-corrected chi connectivity index (χ4v) is 1.35. The van der Waals surface area contributed by atoms with Crippen molar-refractivity contribution >= 4 is 5.69 Å². The minimum atomic E-state index is 0.654. The van der Waals surface area contributed by atoms with Gasteiger partial charge in [-0.25, -0.2) is 0 Å². The third-order valence-electron chi connectivity index (χ3n) is 2.16. The second-order valence-electron chi connectivity index (χ2n) is 3.28. The van der Waals surface area contributed by atoms with Gasteiger partial charge in [-0.05, 0) is 12.1 Å². The van der Waals surface area contributed by atoms with Gasteiger partial charge in [0.05, 0.1) is 25.5 Å². The monoisotopic (exact) mass is 215 g/mol. The van der Waals surface area contributed by atoms with Crippen LogP contribution in [0.5, 0.6) is 5.75 Å². The minimum absolute atomic E-state index is 0.654. The van der Waals surface area contributed by atoms with Gasteiger partial charge in [0.15, 0.2) is 0 Å². The third-order valence-corrected chi connectivity index (χ3v) is 2.16. The van der Waals surface area contributed by atoms with E-state index in [1.165, 1.54) is 0 Å². The van der Waals surface area contributed by atoms with Gasteiger partial charge < -0.3 is 10.1 Å². The second kappa shape index (κ2) is 5.11. The van der Waals surface area contributed by atoms with Crippen LogP contribution in [-0.2, 0) is 6.54 Å². The fourth-order valence-electron chi connectivity index (χ4n) is 1.35. The van der Waals surface area contributed by atoms with Gasteiger partial charge in [-0.3, -0.25) is 9.97 Å². The Morgan fingerprint density at radius 2 is 2.25 bits per heavy atom. The Morgan fingerprint density at radius 3 is 3.00 bits per heavy atom. The van der Waals surface area contributed by atoms with Gasteiger partial charge in [-0.15, -0.1) is 0 Å². The summed E-state index contributed by atoms with van der Waals surface area (Å²) in [6, 6.07) is 7.78. The summed E-state index contributed by atoms with van der Waals surface area (Å²) in [7, 11) is 1.65. The summed E-state index contributed by atoms with van der Waals surface area (Å²) in [6.45, 7) is 0.654. The van der Waals surface area contributed by atoms with Gasteiger partial charge in [-0.2, -0.15) is 0 Å². The van der Waals surface area contributed by atoms with Crippen molar-refractivity contribution in [1.82, 2.24) is 9.97 Å². The molecule has 0 aliphatic rings. The number of rotatable bonds is 4. The average molecular weight is 215 g/mol. The molecule has 0 amide bonds. The van der Waals surface area contributed by atoms with Crippen LogP contribution >= 0.6 is 0 Å². The largest absolute Gasteiger partial charge is 0.497 e. The predicted molar refractivity (Wildman–Crippen MR) is 62.4 cm³/mol. The van der Waals surface area contributed by atoms with Crippen LogP contribution in [0.15, 0.2) is 42.9 Å². The number of benzene rings is 1. The normalized spacial score (nSPS) is 9.81. The lowest BCUT2D eigenvalue weighted by molar-refractivity contribution is 0.415. The number of anilines is 1. The van der Waals surface area contributed by atoms with Crippen molar-refractivity contribution in [3.05, 3.63) is 48.5 Å². The zero-order valence-electron chi connectivity index (χ0n) is 9.05. The Hall–Kier alpha value is -2.10. The van der Waals surface area contributed by atoms with E-state index in [9.17, 15) is 0 Å². The van der Waals surface area contributed by atoms with Crippen LogP contribution in [0, 0.1) is 0 Å². The van der Waals surface area contributed by atoms with E-state index < -0.39 is 0 Å². The summed E-state index contributed by atoms with van der Waals surface area (Å²) in [5.74, 6) is 0.837. The smallest absolute Gasteiger partial charge is 0.120 e. The van der Waals surface area contributed by atoms with Crippen LogP contribution in [0.3, 0.4) is 0 Å². The van der Waals surface area contributed by atoms with E-state index in [0.717, 1.165) is 17.1 Å². The van der Waals surface area contributed by atoms with Crippen LogP contribution in [0.1, 0.15) is 5.69 Å². The number of hydrogen-bond donors (Lipinski definition) is 1. The first-order valence-corrected chi connectivity index (χ1v) is 5.01. The van der Waals surface area contributed by atoms with E-state index >= 15 is 0 Å². The molecule has 2 aromatic rings. The summed E-state index contributed by atoms with van der Waals surface area (Å²) < 4.78 is 5.14. The molecule has 0 atom stereocenters. The predicted octanol–water partition coefficient (Wildman–Crippen LogP) is 2.10. The van der Waals surface area contributed by atoms with Crippen LogP contribution in [0.25, 0.3) is 0 Å². The van der Waals surface area contributed by atoms with Gasteiger partial charge in [0, 0.05) is 24.1 Å². The number of nitrogens with one attached hydrogen (secondary N) is 1. The number of methoxy groups -OCH3 is 1. The van der Waals surface area contributed by atoms with E-state index in [1.807, 2.05) is 24.3 Å². The molecule has 1 N–H and O–H groups in total. The second-order valence-corrected chi connectivity index (χ2v) is 3.28. The topological polar surface area (TPSA) is 47.0 Å². The molecular formula is C12H13N3O. The first-order chi connectivity index (χ1) is 7.88. The zero-order valence-corrected chi connectivity index (χ0v) is 9.05. The van der Waals surface area contributed by atoms with Crippen LogP contribution < -0.4 is 10.1 Å². The maximum Gasteiger partial charge on any atom is 0.120 e. The molecule has 2 rings (SSSR count). The molecule has 0 saturated carbocycles. The van der Waals surface area contributed by atoms with Crippen molar-refractivity contribution in [2.45, 2.75) is 6.54 Å². The maximum absolute atomic E-state index is 5.14. The lowest BCUT2D eigenvalue weighted by Crippen LogP contribution is -2.01. The molecule has 4 heteroatoms. The van der Waals surface area contributed by atoms with Crippen molar-refractivity contribution in [3.63, 3.8) is 0 Å². The Bertz CT molecular complexity index is 445. The average Bonchev–Trinajstić information content (AvgIpc) is 2.38. The van der Waals surface area contributed by atoms with E-state index in [1.54, 1.807) is 25.7 Å². The highest BCUT2D eigenvalue weighted by Gasteiger charge is 1.96. The summed E-state index contributed by atoms with van der Waals surface area (Å²) >= 11 is 0. The zero-order chi connectivity index (χ0) is 11.2. The van der Waals surface area contributed by atoms with Crippen LogP contribution in [0.4, 0.5) is 5.69 Å². The maximum atomic E-state index is 5.14. The molecule has 0 radical (unpaired) electrons. The SMILES string of the molecule is COc1cccc(NCc2cnccn2)c1. The van der Waals surface area contributed by atoms with E-state index in [2.05, 4.69) is 15.3 Å². The highest BCUT2D eigenvalue weighted by molar-refractivity contribution is 5.48. The standard InChI is InChI=1S/C12H13N3O/c1-16-12-4-2-3-10(7-12)15-9-11-8-13-5-6-14-11/h2-8,15H,9H2,1H3. The lowest BCUT2D eigenvalue weighted by Gasteiger charge is -2.07. The lowest BCUT2D eigenvalue weighted by atomic mass is 10.3. The molecule has 0 aliphatic heterocycles. The minimum Gasteiger partial charge on any atom is -0.497 e. The molecular weight excluding hydrogens is 202 g/mol. The summed E-state index contributed by atoms with van der Waals surface area (Å²) in [5, 5.41) is 3.25. The van der Waals surface area contributed by atoms with Crippen molar-refractivity contribution < 1.29 is 4.74 Å². The number of hydrogen-bond acceptors (Lipinski definition) is 4. The van der Waals surface area contributed by atoms with Crippen LogP contribution in [0.2, 0.25) is 0 Å². The highest BCUT2D eigenvalue weighted by Crippen LogP contribution is 2.16. The van der Waals surface area contributed by atoms with Crippen molar-refractivity contribution in [3.8, 4) is 5.75 Å². The molecule has 0 unspecified atom stereocenters. The van der Waals surface area contributed by atoms with E-state index in [4.69, 9.17) is 4.74 Å². The van der Waals surface area contributed by atoms with Gasteiger partial charge in [0.25, 0.3) is 0 Å². The van der Waals surface area contributed by atoms with Gasteiger partial charge >= 0.3 is 0 Å². The van der Waals surface area contributed by atoms with Gasteiger partial charge in [0.2, 0.25) is 0 Å². The molecule has 1 heterocycles. The van der Waals surface area contributed by atoms with Gasteiger partial charge in [-0.1, -0.05) is 6.07 Å². The van der Waals surface area contributed by atoms with Crippen LogP contribution in [-0.4, -0.2) is 17.1 Å². The fraction of sp³-hybridized carbons (Fsp3) is 0.167. The van der Waals surface area contributed by atoms with E-state index in [-0.39, 0.29) is 0 Å². The highest BCUT2D eigenvalue weighted by atomic mass is 16.5. The Kier molecular flexibility index (Phi) is 3.33. The first kappa shape index (κ1) is 10.4.